The average molecular weight is 756 g/mol. The van der Waals surface area contributed by atoms with Gasteiger partial charge in [-0.15, -0.1) is 0 Å². The van der Waals surface area contributed by atoms with Crippen molar-refractivity contribution in [3.8, 4) is 0 Å². The van der Waals surface area contributed by atoms with Gasteiger partial charge in [0.2, 0.25) is 0 Å². The van der Waals surface area contributed by atoms with Gasteiger partial charge in [-0.05, 0) is 70.9 Å². The van der Waals surface area contributed by atoms with Crippen LogP contribution in [0, 0.1) is 0 Å². The summed E-state index contributed by atoms with van der Waals surface area (Å²) < 4.78 is 11.3. The van der Waals surface area contributed by atoms with E-state index in [0.717, 1.165) is 96.6 Å². The third-order valence-electron chi connectivity index (χ3n) is 9.65. The van der Waals surface area contributed by atoms with Crippen LogP contribution in [0.25, 0.3) is 0 Å². The number of rotatable bonds is 38. The van der Waals surface area contributed by atoms with E-state index in [0.29, 0.717) is 26.0 Å². The fourth-order valence-corrected chi connectivity index (χ4v) is 6.35. The fraction of sp³-hybridized carbons (Fsp3) is 0.957. The Balaban J connectivity index is -0.00000281. The number of hydrogen-bond acceptors (Lipinski definition) is 6. The molecule has 0 radical (unpaired) electrons. The molecule has 0 aromatic heterocycles. The number of esters is 2. The van der Waals surface area contributed by atoms with Crippen molar-refractivity contribution in [3.63, 3.8) is 0 Å². The van der Waals surface area contributed by atoms with E-state index in [9.17, 15) is 14.7 Å². The maximum Gasteiger partial charge on any atom is 0.306 e. The molecule has 0 bridgehead atoms. The van der Waals surface area contributed by atoms with Gasteiger partial charge in [-0.3, -0.25) is 9.59 Å². The number of hydrogen-bond donors (Lipinski definition) is 1. The number of carbonyl (C=O) groups excluding carboxylic acids is 2. The predicted octanol–water partition coefficient (Wildman–Crippen LogP) is 14.3. The Labute approximate surface area is 333 Å². The van der Waals surface area contributed by atoms with Crippen molar-refractivity contribution in [2.45, 2.75) is 260 Å². The maximum atomic E-state index is 12.7. The molecule has 320 valence electrons. The Kier molecular flexibility index (Phi) is 53.9. The lowest BCUT2D eigenvalue weighted by molar-refractivity contribution is -0.150. The van der Waals surface area contributed by atoms with E-state index in [4.69, 9.17) is 9.47 Å². The topological polar surface area (TPSA) is 76.1 Å². The molecule has 0 saturated heterocycles. The van der Waals surface area contributed by atoms with Crippen LogP contribution in [-0.4, -0.2) is 60.9 Å². The van der Waals surface area contributed by atoms with Crippen LogP contribution in [0.2, 0.25) is 0 Å². The van der Waals surface area contributed by atoms with Crippen LogP contribution in [0.4, 0.5) is 0 Å². The third-order valence-corrected chi connectivity index (χ3v) is 9.65. The first-order chi connectivity index (χ1) is 25.9. The molecule has 1 unspecified atom stereocenters. The summed E-state index contributed by atoms with van der Waals surface area (Å²) in [6.07, 6.45) is 36.9. The Hall–Kier alpha value is -1.14. The molecule has 53 heavy (non-hydrogen) atoms. The number of aliphatic hydroxyl groups is 1. The maximum absolute atomic E-state index is 12.7. The van der Waals surface area contributed by atoms with E-state index in [2.05, 4.69) is 53.4 Å². The molecule has 6 heteroatoms. The summed E-state index contributed by atoms with van der Waals surface area (Å²) in [6, 6.07) is 0. The summed E-state index contributed by atoms with van der Waals surface area (Å²) >= 11 is 0. The van der Waals surface area contributed by atoms with Crippen molar-refractivity contribution < 1.29 is 24.2 Å². The van der Waals surface area contributed by atoms with Crippen LogP contribution < -0.4 is 0 Å². The minimum absolute atomic E-state index is 0.00723. The van der Waals surface area contributed by atoms with Crippen molar-refractivity contribution >= 4 is 11.9 Å². The summed E-state index contributed by atoms with van der Waals surface area (Å²) in [5.74, 6) is -0.0594. The van der Waals surface area contributed by atoms with Crippen LogP contribution >= 0.6 is 0 Å². The van der Waals surface area contributed by atoms with Crippen molar-refractivity contribution in [1.29, 1.82) is 0 Å². The van der Waals surface area contributed by atoms with E-state index in [1.807, 2.05) is 0 Å². The molecule has 0 rings (SSSR count). The van der Waals surface area contributed by atoms with Crippen molar-refractivity contribution in [2.24, 2.45) is 0 Å². The largest absolute Gasteiger partial charge is 0.466 e. The van der Waals surface area contributed by atoms with Gasteiger partial charge in [-0.1, -0.05) is 183 Å². The zero-order chi connectivity index (χ0) is 39.9. The molecule has 0 aromatic rings. The standard InChI is InChI=1S/C39H77NO5.C5H12.C3H8/c1-4-7-10-12-14-17-22-29-37(28-21-16-13-11-8-5-2)45-39(43)31-23-18-15-19-25-32-40(34-35-41)33-26-20-24-30-38(42)44-36-27-9-6-3;1-3-5-4-2;1-3-2/h37,41H,4-36H2,1-3H3;3-5H2,1-2H3;3H2,1-2H3. The lowest BCUT2D eigenvalue weighted by atomic mass is 10.0. The molecule has 0 amide bonds. The number of carbonyl (C=O) groups is 2. The summed E-state index contributed by atoms with van der Waals surface area (Å²) in [4.78, 5) is 26.8. The fourth-order valence-electron chi connectivity index (χ4n) is 6.35. The zero-order valence-electron chi connectivity index (χ0n) is 37.3. The quantitative estimate of drug-likeness (QED) is 0.0499. The average Bonchev–Trinajstić information content (AvgIpc) is 3.14. The van der Waals surface area contributed by atoms with Gasteiger partial charge in [0.25, 0.3) is 0 Å². The minimum atomic E-state index is -0.0666. The monoisotopic (exact) mass is 756 g/mol. The molecule has 1 atom stereocenters. The van der Waals surface area contributed by atoms with E-state index < -0.39 is 0 Å². The van der Waals surface area contributed by atoms with Gasteiger partial charge >= 0.3 is 11.9 Å². The Morgan fingerprint density at radius 1 is 0.453 bits per heavy atom. The number of ether oxygens (including phenoxy) is 2. The molecule has 0 aliphatic rings. The van der Waals surface area contributed by atoms with E-state index in [-0.39, 0.29) is 24.6 Å². The Bertz CT molecular complexity index is 686. The minimum Gasteiger partial charge on any atom is -0.466 e. The van der Waals surface area contributed by atoms with Crippen LogP contribution in [0.5, 0.6) is 0 Å². The summed E-state index contributed by atoms with van der Waals surface area (Å²) in [6.45, 7) is 18.8. The molecule has 0 aliphatic carbocycles. The number of nitrogens with zero attached hydrogens (tertiary/aromatic N) is 1. The van der Waals surface area contributed by atoms with Crippen molar-refractivity contribution in [1.82, 2.24) is 4.90 Å². The zero-order valence-corrected chi connectivity index (χ0v) is 37.3. The summed E-state index contributed by atoms with van der Waals surface area (Å²) in [5, 5.41) is 9.46. The first kappa shape index (κ1) is 56.2. The van der Waals surface area contributed by atoms with Gasteiger partial charge in [0.05, 0.1) is 13.2 Å². The van der Waals surface area contributed by atoms with Crippen LogP contribution in [0.1, 0.15) is 254 Å². The Morgan fingerprint density at radius 2 is 0.830 bits per heavy atom. The van der Waals surface area contributed by atoms with Gasteiger partial charge < -0.3 is 19.5 Å². The molecule has 0 saturated carbocycles. The first-order valence-corrected chi connectivity index (χ1v) is 23.6. The highest BCUT2D eigenvalue weighted by Gasteiger charge is 2.14. The van der Waals surface area contributed by atoms with Gasteiger partial charge in [0.15, 0.2) is 0 Å². The van der Waals surface area contributed by atoms with E-state index in [1.54, 1.807) is 0 Å². The normalized spacial score (nSPS) is 11.4. The highest BCUT2D eigenvalue weighted by atomic mass is 16.5. The van der Waals surface area contributed by atoms with Gasteiger partial charge in [0.1, 0.15) is 6.10 Å². The molecule has 6 nitrogen and oxygen atoms in total. The van der Waals surface area contributed by atoms with Crippen LogP contribution in [-0.2, 0) is 19.1 Å². The van der Waals surface area contributed by atoms with E-state index >= 15 is 0 Å². The molecule has 0 aromatic carbocycles. The molecule has 0 fully saturated rings. The molecule has 0 aliphatic heterocycles. The van der Waals surface area contributed by atoms with Crippen molar-refractivity contribution in [2.75, 3.05) is 32.8 Å². The second-order valence-electron chi connectivity index (χ2n) is 15.5. The Morgan fingerprint density at radius 3 is 1.28 bits per heavy atom. The second-order valence-corrected chi connectivity index (χ2v) is 15.5. The third kappa shape index (κ3) is 50.9. The summed E-state index contributed by atoms with van der Waals surface area (Å²) in [7, 11) is 0. The SMILES string of the molecule is CCC.CCCCC.CCCCCCCCCC(CCCCCCCC)OC(=O)CCCCCCCN(CCO)CCCCCC(=O)OCCCCC. The van der Waals surface area contributed by atoms with Gasteiger partial charge in [0, 0.05) is 19.4 Å². The summed E-state index contributed by atoms with van der Waals surface area (Å²) in [5.41, 5.74) is 0. The second kappa shape index (κ2) is 50.9. The number of unbranched alkanes of at least 4 members (excludes halogenated alkanes) is 21. The molecule has 1 N–H and O–H groups in total. The van der Waals surface area contributed by atoms with Crippen LogP contribution in [0.3, 0.4) is 0 Å². The van der Waals surface area contributed by atoms with Gasteiger partial charge in [-0.25, -0.2) is 0 Å². The first-order valence-electron chi connectivity index (χ1n) is 23.6. The van der Waals surface area contributed by atoms with Crippen LogP contribution in [0.15, 0.2) is 0 Å². The molecular weight excluding hydrogens is 659 g/mol. The highest BCUT2D eigenvalue weighted by molar-refractivity contribution is 5.69. The lowest BCUT2D eigenvalue weighted by Gasteiger charge is -2.21. The molecular formula is C47H97NO5. The smallest absolute Gasteiger partial charge is 0.306 e. The molecule has 0 spiro atoms. The van der Waals surface area contributed by atoms with Crippen molar-refractivity contribution in [3.05, 3.63) is 0 Å². The van der Waals surface area contributed by atoms with E-state index in [1.165, 1.54) is 109 Å². The van der Waals surface area contributed by atoms with Gasteiger partial charge in [-0.2, -0.15) is 0 Å². The lowest BCUT2D eigenvalue weighted by Crippen LogP contribution is -2.29. The number of aliphatic hydroxyl groups excluding tert-OH is 1. The molecule has 0 heterocycles. The highest BCUT2D eigenvalue weighted by Crippen LogP contribution is 2.18. The predicted molar refractivity (Wildman–Crippen MR) is 232 cm³/mol.